The van der Waals surface area contributed by atoms with Crippen molar-refractivity contribution in [3.63, 3.8) is 0 Å². The molecule has 0 saturated heterocycles. The van der Waals surface area contributed by atoms with E-state index >= 15 is 0 Å². The van der Waals surface area contributed by atoms with Crippen LogP contribution < -0.4 is 10.6 Å². The Hall–Kier alpha value is -3.12. The van der Waals surface area contributed by atoms with Gasteiger partial charge in [-0.25, -0.2) is 4.68 Å². The van der Waals surface area contributed by atoms with Crippen LogP contribution in [-0.4, -0.2) is 27.6 Å². The summed E-state index contributed by atoms with van der Waals surface area (Å²) in [6, 6.07) is 15.8. The molecular formula is C22H23ClN4O2. The molecule has 6 nitrogen and oxygen atoms in total. The number of nitrogens with zero attached hydrogens (tertiary/aromatic N) is 2. The fraction of sp³-hybridized carbons (Fsp3) is 0.227. The number of hydrogen-bond acceptors (Lipinski definition) is 3. The lowest BCUT2D eigenvalue weighted by Gasteiger charge is -2.22. The van der Waals surface area contributed by atoms with Crippen LogP contribution in [0.4, 0.5) is 0 Å². The van der Waals surface area contributed by atoms with E-state index in [9.17, 15) is 9.59 Å². The van der Waals surface area contributed by atoms with E-state index in [0.717, 1.165) is 11.3 Å². The summed E-state index contributed by atoms with van der Waals surface area (Å²) in [5.41, 5.74) is 2.15. The molecule has 1 heterocycles. The highest BCUT2D eigenvalue weighted by molar-refractivity contribution is 6.33. The largest absolute Gasteiger partial charge is 0.350 e. The molecular weight excluding hydrogens is 388 g/mol. The highest BCUT2D eigenvalue weighted by Gasteiger charge is 2.25. The van der Waals surface area contributed by atoms with E-state index in [2.05, 4.69) is 15.7 Å². The monoisotopic (exact) mass is 410 g/mol. The Bertz CT molecular complexity index is 985. The van der Waals surface area contributed by atoms with Crippen LogP contribution >= 0.6 is 11.6 Å². The topological polar surface area (TPSA) is 76.0 Å². The molecule has 0 aliphatic carbocycles. The standard InChI is InChI=1S/C22H23ClN4O2/c1-15(2)20(26-21(28)18-10-6-7-11-19(18)23)22(29)24-12-16-13-25-27(14-16)17-8-4-3-5-9-17/h3-11,13-15,20H,12H2,1-2H3,(H,24,29)(H,26,28). The van der Waals surface area contributed by atoms with Gasteiger partial charge in [0.15, 0.2) is 0 Å². The zero-order valence-corrected chi connectivity index (χ0v) is 17.1. The SMILES string of the molecule is CC(C)C(NC(=O)c1ccccc1Cl)C(=O)NCc1cnn(-c2ccccc2)c1. The molecule has 150 valence electrons. The van der Waals surface area contributed by atoms with E-state index in [1.807, 2.05) is 50.4 Å². The van der Waals surface area contributed by atoms with E-state index < -0.39 is 6.04 Å². The molecule has 29 heavy (non-hydrogen) atoms. The molecule has 0 aliphatic heterocycles. The van der Waals surface area contributed by atoms with Crippen molar-refractivity contribution in [1.29, 1.82) is 0 Å². The molecule has 2 aromatic carbocycles. The zero-order valence-electron chi connectivity index (χ0n) is 16.3. The smallest absolute Gasteiger partial charge is 0.253 e. The number of carbonyl (C=O) groups is 2. The number of rotatable bonds is 7. The maximum Gasteiger partial charge on any atom is 0.253 e. The van der Waals surface area contributed by atoms with Crippen LogP contribution in [0.15, 0.2) is 67.0 Å². The van der Waals surface area contributed by atoms with Gasteiger partial charge in [-0.3, -0.25) is 9.59 Å². The average Bonchev–Trinajstić information content (AvgIpc) is 3.20. The van der Waals surface area contributed by atoms with Gasteiger partial charge in [0.2, 0.25) is 5.91 Å². The predicted octanol–water partition coefficient (Wildman–Crippen LogP) is 3.60. The van der Waals surface area contributed by atoms with Gasteiger partial charge in [0, 0.05) is 18.3 Å². The Balaban J connectivity index is 1.62. The summed E-state index contributed by atoms with van der Waals surface area (Å²) < 4.78 is 1.75. The number of aromatic nitrogens is 2. The van der Waals surface area contributed by atoms with Gasteiger partial charge in [-0.15, -0.1) is 0 Å². The van der Waals surface area contributed by atoms with Crippen molar-refractivity contribution in [1.82, 2.24) is 20.4 Å². The van der Waals surface area contributed by atoms with Crippen LogP contribution in [0.25, 0.3) is 5.69 Å². The number of hydrogen-bond donors (Lipinski definition) is 2. The minimum atomic E-state index is -0.678. The van der Waals surface area contributed by atoms with Crippen molar-refractivity contribution in [2.75, 3.05) is 0 Å². The molecule has 0 aliphatic rings. The lowest BCUT2D eigenvalue weighted by Crippen LogP contribution is -2.49. The summed E-state index contributed by atoms with van der Waals surface area (Å²) in [5.74, 6) is -0.720. The Morgan fingerprint density at radius 1 is 1.07 bits per heavy atom. The van der Waals surface area contributed by atoms with E-state index in [4.69, 9.17) is 11.6 Å². The third-order valence-corrected chi connectivity index (χ3v) is 4.81. The van der Waals surface area contributed by atoms with Gasteiger partial charge in [0.25, 0.3) is 5.91 Å². The summed E-state index contributed by atoms with van der Waals surface area (Å²) in [7, 11) is 0. The fourth-order valence-electron chi connectivity index (χ4n) is 2.87. The fourth-order valence-corrected chi connectivity index (χ4v) is 3.09. The Labute approximate surface area is 174 Å². The summed E-state index contributed by atoms with van der Waals surface area (Å²) >= 11 is 6.09. The molecule has 0 bridgehead atoms. The van der Waals surface area contributed by atoms with E-state index in [0.29, 0.717) is 17.1 Å². The van der Waals surface area contributed by atoms with Gasteiger partial charge < -0.3 is 10.6 Å². The van der Waals surface area contributed by atoms with Crippen LogP contribution in [0.5, 0.6) is 0 Å². The van der Waals surface area contributed by atoms with E-state index in [1.165, 1.54) is 0 Å². The van der Waals surface area contributed by atoms with Crippen molar-refractivity contribution in [3.05, 3.63) is 83.1 Å². The van der Waals surface area contributed by atoms with E-state index in [-0.39, 0.29) is 17.7 Å². The van der Waals surface area contributed by atoms with Crippen molar-refractivity contribution in [3.8, 4) is 5.69 Å². The van der Waals surface area contributed by atoms with Gasteiger partial charge in [-0.2, -0.15) is 5.10 Å². The van der Waals surface area contributed by atoms with Crippen LogP contribution in [-0.2, 0) is 11.3 Å². The summed E-state index contributed by atoms with van der Waals surface area (Å²) in [4.78, 5) is 25.2. The number of carbonyl (C=O) groups excluding carboxylic acids is 2. The second-order valence-corrected chi connectivity index (χ2v) is 7.43. The number of halogens is 1. The third-order valence-electron chi connectivity index (χ3n) is 4.48. The first-order valence-electron chi connectivity index (χ1n) is 9.38. The molecule has 1 aromatic heterocycles. The van der Waals surface area contributed by atoms with Crippen molar-refractivity contribution in [2.24, 2.45) is 5.92 Å². The molecule has 3 rings (SSSR count). The van der Waals surface area contributed by atoms with Crippen molar-refractivity contribution >= 4 is 23.4 Å². The summed E-state index contributed by atoms with van der Waals surface area (Å²) in [6.45, 7) is 4.08. The van der Waals surface area contributed by atoms with Crippen LogP contribution in [0.3, 0.4) is 0 Å². The van der Waals surface area contributed by atoms with Gasteiger partial charge in [0.05, 0.1) is 22.5 Å². The minimum Gasteiger partial charge on any atom is -0.350 e. The number of nitrogens with one attached hydrogen (secondary N) is 2. The molecule has 0 radical (unpaired) electrons. The van der Waals surface area contributed by atoms with Crippen LogP contribution in [0.1, 0.15) is 29.8 Å². The first kappa shape index (κ1) is 20.6. The summed E-state index contributed by atoms with van der Waals surface area (Å²) in [6.07, 6.45) is 3.57. The second-order valence-electron chi connectivity index (χ2n) is 7.02. The molecule has 7 heteroatoms. The van der Waals surface area contributed by atoms with Gasteiger partial charge >= 0.3 is 0 Å². The molecule has 0 saturated carbocycles. The van der Waals surface area contributed by atoms with Crippen LogP contribution in [0.2, 0.25) is 5.02 Å². The molecule has 1 unspecified atom stereocenters. The maximum absolute atomic E-state index is 12.7. The number of benzene rings is 2. The van der Waals surface area contributed by atoms with Crippen molar-refractivity contribution in [2.45, 2.75) is 26.4 Å². The van der Waals surface area contributed by atoms with Gasteiger partial charge in [-0.05, 0) is 30.2 Å². The van der Waals surface area contributed by atoms with Crippen molar-refractivity contribution < 1.29 is 9.59 Å². The van der Waals surface area contributed by atoms with Gasteiger partial charge in [0.1, 0.15) is 6.04 Å². The highest BCUT2D eigenvalue weighted by atomic mass is 35.5. The van der Waals surface area contributed by atoms with E-state index in [1.54, 1.807) is 35.1 Å². The minimum absolute atomic E-state index is 0.0894. The molecule has 2 amide bonds. The lowest BCUT2D eigenvalue weighted by molar-refractivity contribution is -0.124. The average molecular weight is 411 g/mol. The molecule has 1 atom stereocenters. The third kappa shape index (κ3) is 5.23. The Kier molecular flexibility index (Phi) is 6.67. The maximum atomic E-state index is 12.7. The normalized spacial score (nSPS) is 11.9. The highest BCUT2D eigenvalue weighted by Crippen LogP contribution is 2.15. The van der Waals surface area contributed by atoms with Gasteiger partial charge in [-0.1, -0.05) is 55.8 Å². The quantitative estimate of drug-likeness (QED) is 0.624. The first-order chi connectivity index (χ1) is 14.0. The Morgan fingerprint density at radius 3 is 2.45 bits per heavy atom. The number of para-hydroxylation sites is 1. The summed E-state index contributed by atoms with van der Waals surface area (Å²) in [5, 5.41) is 10.3. The second kappa shape index (κ2) is 9.39. The molecule has 0 spiro atoms. The Morgan fingerprint density at radius 2 is 1.76 bits per heavy atom. The molecule has 3 aromatic rings. The molecule has 0 fully saturated rings. The van der Waals surface area contributed by atoms with Crippen LogP contribution in [0, 0.1) is 5.92 Å². The first-order valence-corrected chi connectivity index (χ1v) is 9.75. The zero-order chi connectivity index (χ0) is 20.8. The molecule has 2 N–H and O–H groups in total. The lowest BCUT2D eigenvalue weighted by atomic mass is 10.0. The predicted molar refractivity (Wildman–Crippen MR) is 113 cm³/mol. The number of amides is 2.